The first-order chi connectivity index (χ1) is 8.88. The minimum atomic E-state index is -1.01. The first kappa shape index (κ1) is 15.7. The zero-order chi connectivity index (χ0) is 14.0. The van der Waals surface area contributed by atoms with E-state index in [4.69, 9.17) is 4.74 Å². The monoisotopic (exact) mass is 408 g/mol. The van der Waals surface area contributed by atoms with Gasteiger partial charge < -0.3 is 4.74 Å². The quantitative estimate of drug-likeness (QED) is 0.488. The highest BCUT2D eigenvalue weighted by Gasteiger charge is 2.26. The molecule has 1 aromatic rings. The van der Waals surface area contributed by atoms with Crippen molar-refractivity contribution in [1.29, 1.82) is 0 Å². The summed E-state index contributed by atoms with van der Waals surface area (Å²) in [6.45, 7) is 8.58. The molecule has 0 amide bonds. The molecular weight excluding hydrogens is 388 g/mol. The molecule has 1 saturated carbocycles. The molecule has 1 aliphatic rings. The molecule has 0 bridgehead atoms. The maximum atomic E-state index is 5.86. The van der Waals surface area contributed by atoms with Crippen LogP contribution < -0.4 is 0 Å². The van der Waals surface area contributed by atoms with Crippen molar-refractivity contribution in [2.24, 2.45) is 0 Å². The van der Waals surface area contributed by atoms with Crippen LogP contribution in [-0.4, -0.2) is 24.2 Å². The average molecular weight is 410 g/mol. The highest BCUT2D eigenvalue weighted by molar-refractivity contribution is 9.13. The van der Waals surface area contributed by atoms with Gasteiger partial charge in [-0.1, -0.05) is 26.1 Å². The predicted molar refractivity (Wildman–Crippen MR) is 88.3 cm³/mol. The normalized spacial score (nSPS) is 16.7. The molecular formula is C13H22Br2N2OSi. The fourth-order valence-electron chi connectivity index (χ4n) is 2.05. The molecule has 19 heavy (non-hydrogen) atoms. The summed E-state index contributed by atoms with van der Waals surface area (Å²) < 4.78 is 9.92. The number of hydrogen-bond acceptors (Lipinski definition) is 2. The van der Waals surface area contributed by atoms with Crippen molar-refractivity contribution >= 4 is 39.9 Å². The molecule has 1 fully saturated rings. The Labute approximate surface area is 133 Å². The molecule has 0 aliphatic heterocycles. The second kappa shape index (κ2) is 6.41. The topological polar surface area (TPSA) is 27.1 Å². The lowest BCUT2D eigenvalue weighted by Crippen LogP contribution is -2.22. The smallest absolute Gasteiger partial charge is 0.139 e. The zero-order valence-corrected chi connectivity index (χ0v) is 16.1. The third kappa shape index (κ3) is 4.16. The van der Waals surface area contributed by atoms with E-state index >= 15 is 0 Å². The first-order valence-electron chi connectivity index (χ1n) is 6.87. The molecule has 0 N–H and O–H groups in total. The number of aromatic nitrogens is 2. The second-order valence-electron chi connectivity index (χ2n) is 6.46. The highest BCUT2D eigenvalue weighted by atomic mass is 79.9. The van der Waals surface area contributed by atoms with Crippen molar-refractivity contribution in [2.45, 2.75) is 57.6 Å². The van der Waals surface area contributed by atoms with E-state index in [9.17, 15) is 0 Å². The molecule has 0 spiro atoms. The number of ether oxygens (including phenoxy) is 1. The third-order valence-electron chi connectivity index (χ3n) is 3.58. The molecule has 1 aliphatic carbocycles. The molecule has 1 heterocycles. The Hall–Kier alpha value is 0.347. The summed E-state index contributed by atoms with van der Waals surface area (Å²) >= 11 is 7.10. The zero-order valence-electron chi connectivity index (χ0n) is 11.9. The van der Waals surface area contributed by atoms with Gasteiger partial charge in [-0.25, -0.2) is 4.98 Å². The number of nitrogens with zero attached hydrogens (tertiary/aromatic N) is 2. The largest absolute Gasteiger partial charge is 0.361 e. The van der Waals surface area contributed by atoms with Crippen LogP contribution in [-0.2, 0) is 11.5 Å². The van der Waals surface area contributed by atoms with Crippen LogP contribution in [0.5, 0.6) is 0 Å². The lowest BCUT2D eigenvalue weighted by Gasteiger charge is -2.25. The van der Waals surface area contributed by atoms with E-state index in [0.29, 0.717) is 12.6 Å². The van der Waals surface area contributed by atoms with Crippen molar-refractivity contribution in [1.82, 2.24) is 9.55 Å². The number of imidazole rings is 1. The summed E-state index contributed by atoms with van der Waals surface area (Å²) in [6, 6.07) is 1.21. The van der Waals surface area contributed by atoms with Gasteiger partial charge >= 0.3 is 0 Å². The summed E-state index contributed by atoms with van der Waals surface area (Å²) in [5.41, 5.74) is 0. The van der Waals surface area contributed by atoms with Gasteiger partial charge in [0.15, 0.2) is 0 Å². The molecule has 108 valence electrons. The summed E-state index contributed by atoms with van der Waals surface area (Å²) in [5.74, 6) is 1.78. The SMILES string of the molecule is C[Si](C)(C)CCOCn1c(C2CCC2)nc(Br)c1Br. The van der Waals surface area contributed by atoms with Crippen molar-refractivity contribution in [3.63, 3.8) is 0 Å². The van der Waals surface area contributed by atoms with Crippen LogP contribution in [0.2, 0.25) is 25.7 Å². The Bertz CT molecular complexity index is 439. The third-order valence-corrected chi connectivity index (χ3v) is 7.18. The predicted octanol–water partition coefficient (Wildman–Crippen LogP) is 4.99. The molecule has 0 aromatic carbocycles. The molecule has 0 radical (unpaired) electrons. The van der Waals surface area contributed by atoms with Crippen LogP contribution in [0, 0.1) is 0 Å². The van der Waals surface area contributed by atoms with E-state index in [1.165, 1.54) is 25.3 Å². The van der Waals surface area contributed by atoms with E-state index in [2.05, 4.69) is 61.1 Å². The fraction of sp³-hybridized carbons (Fsp3) is 0.769. The van der Waals surface area contributed by atoms with Crippen LogP contribution >= 0.6 is 31.9 Å². The molecule has 0 atom stereocenters. The number of hydrogen-bond donors (Lipinski definition) is 0. The van der Waals surface area contributed by atoms with Gasteiger partial charge in [-0.05, 0) is 50.7 Å². The minimum absolute atomic E-state index is 0.607. The van der Waals surface area contributed by atoms with E-state index in [-0.39, 0.29) is 0 Å². The van der Waals surface area contributed by atoms with Gasteiger partial charge in [-0.3, -0.25) is 4.57 Å². The fourth-order valence-corrected chi connectivity index (χ4v) is 3.58. The second-order valence-corrected chi connectivity index (χ2v) is 13.6. The van der Waals surface area contributed by atoms with Gasteiger partial charge in [0.2, 0.25) is 0 Å². The molecule has 2 rings (SSSR count). The molecule has 3 nitrogen and oxygen atoms in total. The van der Waals surface area contributed by atoms with E-state index in [0.717, 1.165) is 21.6 Å². The van der Waals surface area contributed by atoms with Gasteiger partial charge in [-0.2, -0.15) is 0 Å². The molecule has 1 aromatic heterocycles. The van der Waals surface area contributed by atoms with Gasteiger partial charge in [-0.15, -0.1) is 0 Å². The van der Waals surface area contributed by atoms with Crippen LogP contribution in [0.4, 0.5) is 0 Å². The number of rotatable bonds is 6. The van der Waals surface area contributed by atoms with Crippen LogP contribution in [0.25, 0.3) is 0 Å². The minimum Gasteiger partial charge on any atom is -0.361 e. The van der Waals surface area contributed by atoms with Gasteiger partial charge in [0.25, 0.3) is 0 Å². The highest BCUT2D eigenvalue weighted by Crippen LogP contribution is 2.38. The summed E-state index contributed by atoms with van der Waals surface area (Å²) in [5, 5.41) is 0. The standard InChI is InChI=1S/C13H22Br2N2OSi/c1-19(2,3)8-7-18-9-17-12(15)11(14)16-13(17)10-5-4-6-10/h10H,4-9H2,1-3H3. The maximum Gasteiger partial charge on any atom is 0.139 e. The van der Waals surface area contributed by atoms with Gasteiger partial charge in [0.05, 0.1) is 0 Å². The van der Waals surface area contributed by atoms with Crippen LogP contribution in [0.1, 0.15) is 31.0 Å². The summed E-state index contributed by atoms with van der Waals surface area (Å²) in [7, 11) is -1.01. The lowest BCUT2D eigenvalue weighted by atomic mass is 9.85. The Balaban J connectivity index is 1.95. The van der Waals surface area contributed by atoms with Crippen LogP contribution in [0.3, 0.4) is 0 Å². The van der Waals surface area contributed by atoms with E-state index in [1.54, 1.807) is 0 Å². The van der Waals surface area contributed by atoms with Gasteiger partial charge in [0, 0.05) is 20.6 Å². The number of halogens is 2. The Kier molecular flexibility index (Phi) is 5.31. The van der Waals surface area contributed by atoms with E-state index < -0.39 is 8.07 Å². The van der Waals surface area contributed by atoms with Crippen molar-refractivity contribution < 1.29 is 4.74 Å². The van der Waals surface area contributed by atoms with Crippen molar-refractivity contribution in [3.8, 4) is 0 Å². The Morgan fingerprint density at radius 1 is 1.32 bits per heavy atom. The maximum absolute atomic E-state index is 5.86. The lowest BCUT2D eigenvalue weighted by molar-refractivity contribution is 0.0815. The average Bonchev–Trinajstić information content (AvgIpc) is 2.48. The summed E-state index contributed by atoms with van der Waals surface area (Å²) in [6.07, 6.45) is 3.83. The molecule has 6 heteroatoms. The first-order valence-corrected chi connectivity index (χ1v) is 12.2. The van der Waals surface area contributed by atoms with Crippen molar-refractivity contribution in [3.05, 3.63) is 15.0 Å². The molecule has 0 saturated heterocycles. The Morgan fingerprint density at radius 3 is 2.53 bits per heavy atom. The molecule has 0 unspecified atom stereocenters. The van der Waals surface area contributed by atoms with Gasteiger partial charge in [0.1, 0.15) is 21.8 Å². The van der Waals surface area contributed by atoms with Crippen LogP contribution in [0.15, 0.2) is 9.21 Å². The van der Waals surface area contributed by atoms with E-state index in [1.807, 2.05) is 0 Å². The summed E-state index contributed by atoms with van der Waals surface area (Å²) in [4.78, 5) is 4.62. The van der Waals surface area contributed by atoms with Crippen molar-refractivity contribution in [2.75, 3.05) is 6.61 Å². The Morgan fingerprint density at radius 2 is 2.00 bits per heavy atom.